The molecule has 0 fully saturated rings. The molecule has 0 aliphatic carbocycles. The van der Waals surface area contributed by atoms with E-state index < -0.39 is 0 Å². The molecular formula is C4H4BrN2. The summed E-state index contributed by atoms with van der Waals surface area (Å²) in [7, 11) is 1.90. The van der Waals surface area contributed by atoms with E-state index in [0.717, 1.165) is 4.60 Å². The number of hydrogen-bond acceptors (Lipinski definition) is 1. The van der Waals surface area contributed by atoms with Crippen molar-refractivity contribution in [1.29, 1.82) is 0 Å². The van der Waals surface area contributed by atoms with Gasteiger partial charge in [-0.1, -0.05) is 0 Å². The minimum Gasteiger partial charge on any atom is -0.328 e. The van der Waals surface area contributed by atoms with Gasteiger partial charge in [-0.3, -0.25) is 0 Å². The molecule has 0 atom stereocenters. The van der Waals surface area contributed by atoms with E-state index >= 15 is 0 Å². The predicted molar refractivity (Wildman–Crippen MR) is 29.7 cm³/mol. The van der Waals surface area contributed by atoms with Crippen LogP contribution in [0.15, 0.2) is 10.9 Å². The number of hydrogen-bond donors (Lipinski definition) is 0. The quantitative estimate of drug-likeness (QED) is 0.553. The second-order valence-corrected chi connectivity index (χ2v) is 2.01. The molecule has 0 saturated heterocycles. The van der Waals surface area contributed by atoms with Crippen molar-refractivity contribution in [1.82, 2.24) is 9.55 Å². The Balaban J connectivity index is 3.12. The highest BCUT2D eigenvalue weighted by molar-refractivity contribution is 9.10. The van der Waals surface area contributed by atoms with Gasteiger partial charge in [-0.15, -0.1) is 0 Å². The van der Waals surface area contributed by atoms with Crippen LogP contribution in [0.5, 0.6) is 0 Å². The Morgan fingerprint density at radius 2 is 2.71 bits per heavy atom. The first-order valence-electron chi connectivity index (χ1n) is 1.85. The number of imidazole rings is 1. The molecule has 0 aliphatic rings. The number of nitrogens with zero attached hydrogens (tertiary/aromatic N) is 2. The Hall–Kier alpha value is -0.310. The molecule has 0 spiro atoms. The van der Waals surface area contributed by atoms with Crippen LogP contribution in [0.2, 0.25) is 0 Å². The van der Waals surface area contributed by atoms with Gasteiger partial charge in [0.1, 0.15) is 10.8 Å². The normalized spacial score (nSPS) is 9.43. The van der Waals surface area contributed by atoms with E-state index in [1.807, 2.05) is 11.6 Å². The van der Waals surface area contributed by atoms with Crippen molar-refractivity contribution < 1.29 is 0 Å². The average Bonchev–Trinajstić information content (AvgIpc) is 1.91. The van der Waals surface area contributed by atoms with E-state index in [1.165, 1.54) is 0 Å². The second-order valence-electron chi connectivity index (χ2n) is 1.26. The molecule has 0 aromatic carbocycles. The van der Waals surface area contributed by atoms with Gasteiger partial charge in [0.25, 0.3) is 0 Å². The third-order valence-corrected chi connectivity index (χ3v) is 1.43. The maximum atomic E-state index is 3.71. The molecule has 0 N–H and O–H groups in total. The second kappa shape index (κ2) is 1.66. The fourth-order valence-corrected chi connectivity index (χ4v) is 0.492. The molecule has 1 aromatic rings. The highest BCUT2D eigenvalue weighted by atomic mass is 79.9. The fraction of sp³-hybridized carbons (Fsp3) is 0.250. The van der Waals surface area contributed by atoms with Crippen LogP contribution in [0.1, 0.15) is 0 Å². The molecule has 7 heavy (non-hydrogen) atoms. The zero-order valence-corrected chi connectivity index (χ0v) is 5.44. The Kier molecular flexibility index (Phi) is 1.15. The number of aromatic nitrogens is 2. The first-order valence-corrected chi connectivity index (χ1v) is 2.64. The summed E-state index contributed by atoms with van der Waals surface area (Å²) in [4.78, 5) is 3.71. The summed E-state index contributed by atoms with van der Waals surface area (Å²) in [6, 6.07) is 0. The Morgan fingerprint density at radius 3 is 2.86 bits per heavy atom. The third-order valence-electron chi connectivity index (χ3n) is 0.697. The van der Waals surface area contributed by atoms with Gasteiger partial charge >= 0.3 is 0 Å². The molecule has 0 amide bonds. The van der Waals surface area contributed by atoms with Gasteiger partial charge in [0.15, 0.2) is 0 Å². The highest BCUT2D eigenvalue weighted by Crippen LogP contribution is 2.02. The molecule has 1 aromatic heterocycles. The summed E-state index contributed by atoms with van der Waals surface area (Å²) in [5.74, 6) is 0. The first-order chi connectivity index (χ1) is 3.30. The molecule has 0 aliphatic heterocycles. The van der Waals surface area contributed by atoms with Crippen LogP contribution < -0.4 is 0 Å². The molecular weight excluding hydrogens is 156 g/mol. The third kappa shape index (κ3) is 0.825. The van der Waals surface area contributed by atoms with Crippen molar-refractivity contribution in [3.8, 4) is 0 Å². The Bertz CT molecular complexity index is 142. The smallest absolute Gasteiger partial charge is 0.124 e. The summed E-state index contributed by atoms with van der Waals surface area (Å²) >= 11 is 3.21. The van der Waals surface area contributed by atoms with Gasteiger partial charge in [0.05, 0.1) is 6.33 Å². The van der Waals surface area contributed by atoms with Crippen LogP contribution in [-0.4, -0.2) is 9.55 Å². The summed E-state index contributed by atoms with van der Waals surface area (Å²) in [5, 5.41) is 0. The Morgan fingerprint density at radius 1 is 2.00 bits per heavy atom. The van der Waals surface area contributed by atoms with Crippen LogP contribution in [-0.2, 0) is 7.05 Å². The summed E-state index contributed by atoms with van der Waals surface area (Å²) in [6.45, 7) is 0. The maximum absolute atomic E-state index is 3.71. The van der Waals surface area contributed by atoms with Gasteiger partial charge in [-0.2, -0.15) is 0 Å². The first kappa shape index (κ1) is 4.84. The van der Waals surface area contributed by atoms with E-state index in [4.69, 9.17) is 0 Å². The van der Waals surface area contributed by atoms with Gasteiger partial charge in [-0.05, 0) is 15.9 Å². The van der Waals surface area contributed by atoms with Crippen LogP contribution in [0.25, 0.3) is 0 Å². The predicted octanol–water partition coefficient (Wildman–Crippen LogP) is 0.983. The molecule has 0 unspecified atom stereocenters. The van der Waals surface area contributed by atoms with Crippen LogP contribution in [0.3, 0.4) is 0 Å². The number of rotatable bonds is 0. The molecule has 0 bridgehead atoms. The van der Waals surface area contributed by atoms with E-state index in [1.54, 1.807) is 6.33 Å². The minimum absolute atomic E-state index is 0.882. The van der Waals surface area contributed by atoms with E-state index in [2.05, 4.69) is 27.1 Å². The van der Waals surface area contributed by atoms with Gasteiger partial charge in [0, 0.05) is 7.05 Å². The largest absolute Gasteiger partial charge is 0.328 e. The zero-order valence-electron chi connectivity index (χ0n) is 3.85. The highest BCUT2D eigenvalue weighted by Gasteiger charge is 1.87. The lowest BCUT2D eigenvalue weighted by atomic mass is 10.9. The number of halogens is 1. The molecule has 2 nitrogen and oxygen atoms in total. The van der Waals surface area contributed by atoms with E-state index in [0.29, 0.717) is 0 Å². The van der Waals surface area contributed by atoms with Crippen molar-refractivity contribution in [2.75, 3.05) is 0 Å². The molecule has 1 heterocycles. The van der Waals surface area contributed by atoms with Gasteiger partial charge < -0.3 is 4.57 Å². The average molecular weight is 160 g/mol. The Labute approximate surface area is 50.3 Å². The van der Waals surface area contributed by atoms with Crippen LogP contribution >= 0.6 is 15.9 Å². The zero-order chi connectivity index (χ0) is 5.28. The topological polar surface area (TPSA) is 17.8 Å². The lowest BCUT2D eigenvalue weighted by Gasteiger charge is -1.84. The molecule has 1 radical (unpaired) electrons. The summed E-state index contributed by atoms with van der Waals surface area (Å²) in [6.07, 6.45) is 4.38. The van der Waals surface area contributed by atoms with Crippen LogP contribution in [0.4, 0.5) is 0 Å². The molecule has 0 saturated carbocycles. The monoisotopic (exact) mass is 159 g/mol. The van der Waals surface area contributed by atoms with Gasteiger partial charge in [0.2, 0.25) is 0 Å². The summed E-state index contributed by atoms with van der Waals surface area (Å²) in [5.41, 5.74) is 0. The fourth-order valence-electron chi connectivity index (χ4n) is 0.298. The van der Waals surface area contributed by atoms with Crippen molar-refractivity contribution in [3.05, 3.63) is 17.1 Å². The molecule has 37 valence electrons. The lowest BCUT2D eigenvalue weighted by Crippen LogP contribution is -1.81. The number of aryl methyl sites for hydroxylation is 1. The minimum atomic E-state index is 0.882. The maximum Gasteiger partial charge on any atom is 0.124 e. The van der Waals surface area contributed by atoms with E-state index in [-0.39, 0.29) is 0 Å². The van der Waals surface area contributed by atoms with E-state index in [9.17, 15) is 0 Å². The standard InChI is InChI=1S/C4H4BrN2/c1-7-3-6-2-4(7)5/h3H,1H3. The van der Waals surface area contributed by atoms with Crippen molar-refractivity contribution in [3.63, 3.8) is 0 Å². The van der Waals surface area contributed by atoms with Crippen molar-refractivity contribution in [2.45, 2.75) is 0 Å². The molecule has 3 heteroatoms. The van der Waals surface area contributed by atoms with Crippen molar-refractivity contribution in [2.24, 2.45) is 7.05 Å². The SMILES string of the molecule is Cn1cn[c]c1Br. The summed E-state index contributed by atoms with van der Waals surface area (Å²) < 4.78 is 2.72. The van der Waals surface area contributed by atoms with Gasteiger partial charge in [-0.25, -0.2) is 4.98 Å². The van der Waals surface area contributed by atoms with Crippen molar-refractivity contribution >= 4 is 15.9 Å². The van der Waals surface area contributed by atoms with Crippen LogP contribution in [0, 0.1) is 6.20 Å². The lowest BCUT2D eigenvalue weighted by molar-refractivity contribution is 0.890. The molecule has 1 rings (SSSR count).